The first-order valence-electron chi connectivity index (χ1n) is 5.41. The van der Waals surface area contributed by atoms with Crippen LogP contribution in [0.2, 0.25) is 0 Å². The maximum atomic E-state index is 12.1. The van der Waals surface area contributed by atoms with Gasteiger partial charge in [-0.2, -0.15) is 0 Å². The molecule has 2 aromatic rings. The number of hydrogen-bond acceptors (Lipinski definition) is 6. The molecule has 1 aromatic heterocycles. The van der Waals surface area contributed by atoms with Gasteiger partial charge in [-0.3, -0.25) is 0 Å². The number of thiazole rings is 1. The largest absolute Gasteiger partial charge is 0.478 e. The zero-order valence-electron chi connectivity index (χ0n) is 10.1. The predicted molar refractivity (Wildman–Crippen MR) is 74.0 cm³/mol. The molecule has 0 spiro atoms. The second-order valence-corrected chi connectivity index (χ2v) is 6.52. The Bertz CT molecular complexity index is 726. The van der Waals surface area contributed by atoms with Crippen LogP contribution in [0.3, 0.4) is 0 Å². The van der Waals surface area contributed by atoms with E-state index < -0.39 is 16.0 Å². The Kier molecular flexibility index (Phi) is 4.02. The summed E-state index contributed by atoms with van der Waals surface area (Å²) in [6, 6.07) is 3.47. The molecule has 0 aliphatic carbocycles. The number of sulfonamides is 1. The van der Waals surface area contributed by atoms with Crippen molar-refractivity contribution in [3.8, 4) is 0 Å². The molecule has 0 bridgehead atoms. The fourth-order valence-corrected chi connectivity index (χ4v) is 3.25. The van der Waals surface area contributed by atoms with Crippen LogP contribution in [0, 0.1) is 0 Å². The first-order valence-corrected chi connectivity index (χ1v) is 7.77. The van der Waals surface area contributed by atoms with E-state index in [0.29, 0.717) is 5.01 Å². The van der Waals surface area contributed by atoms with Crippen LogP contribution in [-0.2, 0) is 16.6 Å². The van der Waals surface area contributed by atoms with Crippen molar-refractivity contribution in [3.05, 3.63) is 40.3 Å². The highest BCUT2D eigenvalue weighted by Crippen LogP contribution is 2.20. The van der Waals surface area contributed by atoms with Gasteiger partial charge in [-0.1, -0.05) is 0 Å². The zero-order valence-corrected chi connectivity index (χ0v) is 11.7. The molecule has 20 heavy (non-hydrogen) atoms. The Hall–Kier alpha value is -1.97. The van der Waals surface area contributed by atoms with Crippen LogP contribution < -0.4 is 10.5 Å². The second-order valence-electron chi connectivity index (χ2n) is 3.81. The number of rotatable bonds is 5. The summed E-state index contributed by atoms with van der Waals surface area (Å²) < 4.78 is 26.5. The summed E-state index contributed by atoms with van der Waals surface area (Å²) in [7, 11) is -3.81. The van der Waals surface area contributed by atoms with Crippen molar-refractivity contribution in [1.29, 1.82) is 0 Å². The van der Waals surface area contributed by atoms with Crippen LogP contribution in [0.15, 0.2) is 34.7 Å². The molecule has 0 aliphatic rings. The molecular weight excluding hydrogens is 302 g/mol. The molecule has 0 aliphatic heterocycles. The van der Waals surface area contributed by atoms with Gasteiger partial charge in [0.05, 0.1) is 17.8 Å². The number of anilines is 1. The third-order valence-electron chi connectivity index (χ3n) is 2.44. The Morgan fingerprint density at radius 2 is 2.20 bits per heavy atom. The Morgan fingerprint density at radius 1 is 1.45 bits per heavy atom. The first-order chi connectivity index (χ1) is 9.40. The van der Waals surface area contributed by atoms with Gasteiger partial charge in [0, 0.05) is 11.6 Å². The van der Waals surface area contributed by atoms with E-state index in [9.17, 15) is 13.2 Å². The van der Waals surface area contributed by atoms with Crippen LogP contribution in [0.4, 0.5) is 5.69 Å². The number of carboxylic acids is 1. The topological polar surface area (TPSA) is 122 Å². The smallest absolute Gasteiger partial charge is 0.335 e. The highest BCUT2D eigenvalue weighted by molar-refractivity contribution is 7.89. The third kappa shape index (κ3) is 3.13. The molecule has 0 unspecified atom stereocenters. The van der Waals surface area contributed by atoms with Gasteiger partial charge >= 0.3 is 5.97 Å². The lowest BCUT2D eigenvalue weighted by molar-refractivity contribution is 0.0697. The summed E-state index contributed by atoms with van der Waals surface area (Å²) in [6.07, 6.45) is 1.57. The van der Waals surface area contributed by atoms with Crippen LogP contribution >= 0.6 is 11.3 Å². The van der Waals surface area contributed by atoms with E-state index in [1.807, 2.05) is 0 Å². The summed E-state index contributed by atoms with van der Waals surface area (Å²) in [5, 5.41) is 11.2. The molecule has 0 atom stereocenters. The van der Waals surface area contributed by atoms with E-state index in [1.54, 1.807) is 11.6 Å². The van der Waals surface area contributed by atoms with Crippen LogP contribution in [0.5, 0.6) is 0 Å². The van der Waals surface area contributed by atoms with Crippen molar-refractivity contribution < 1.29 is 18.3 Å². The average Bonchev–Trinajstić information content (AvgIpc) is 2.89. The molecular formula is C11H11N3O4S2. The third-order valence-corrected chi connectivity index (χ3v) is 4.70. The van der Waals surface area contributed by atoms with Gasteiger partial charge < -0.3 is 10.8 Å². The highest BCUT2D eigenvalue weighted by Gasteiger charge is 2.19. The lowest BCUT2D eigenvalue weighted by Gasteiger charge is -2.08. The van der Waals surface area contributed by atoms with Gasteiger partial charge in [0.15, 0.2) is 0 Å². The average molecular weight is 313 g/mol. The lowest BCUT2D eigenvalue weighted by atomic mass is 10.2. The number of aromatic nitrogens is 1. The van der Waals surface area contributed by atoms with E-state index in [-0.39, 0.29) is 22.7 Å². The number of nitrogens with zero attached hydrogens (tertiary/aromatic N) is 1. The number of nitrogens with one attached hydrogen (secondary N) is 1. The van der Waals surface area contributed by atoms with Gasteiger partial charge in [-0.25, -0.2) is 22.9 Å². The summed E-state index contributed by atoms with van der Waals surface area (Å²) in [5.41, 5.74) is 5.42. The summed E-state index contributed by atoms with van der Waals surface area (Å²) in [6.45, 7) is 0.0557. The molecule has 106 valence electrons. The summed E-state index contributed by atoms with van der Waals surface area (Å²) in [4.78, 5) is 14.6. The Labute approximate surface area is 119 Å². The van der Waals surface area contributed by atoms with Gasteiger partial charge in [0.2, 0.25) is 10.0 Å². The van der Waals surface area contributed by atoms with Gasteiger partial charge in [0.25, 0.3) is 0 Å². The van der Waals surface area contributed by atoms with Crippen LogP contribution in [0.25, 0.3) is 0 Å². The number of carboxylic acid groups (broad SMARTS) is 1. The van der Waals surface area contributed by atoms with Crippen molar-refractivity contribution in [2.45, 2.75) is 11.4 Å². The molecule has 0 saturated heterocycles. The summed E-state index contributed by atoms with van der Waals surface area (Å²) >= 11 is 1.32. The van der Waals surface area contributed by atoms with Gasteiger partial charge in [-0.15, -0.1) is 11.3 Å². The molecule has 4 N–H and O–H groups in total. The number of nitrogen functional groups attached to an aromatic ring is 1. The predicted octanol–water partition coefficient (Wildman–Crippen LogP) is 0.902. The minimum Gasteiger partial charge on any atom is -0.478 e. The maximum absolute atomic E-state index is 12.1. The standard InChI is InChI=1S/C11H11N3O4S2/c12-8-5-7(11(15)16)1-2-9(8)20(17,18)14-6-10-13-3-4-19-10/h1-5,14H,6,12H2,(H,15,16). The molecule has 0 saturated carbocycles. The van der Waals surface area contributed by atoms with E-state index in [2.05, 4.69) is 9.71 Å². The molecule has 9 heteroatoms. The minimum atomic E-state index is -3.81. The Morgan fingerprint density at radius 3 is 2.75 bits per heavy atom. The summed E-state index contributed by atoms with van der Waals surface area (Å²) in [5.74, 6) is -1.17. The number of hydrogen-bond donors (Lipinski definition) is 3. The molecule has 1 heterocycles. The SMILES string of the molecule is Nc1cc(C(=O)O)ccc1S(=O)(=O)NCc1nccs1. The molecule has 0 fully saturated rings. The Balaban J connectivity index is 2.23. The number of benzene rings is 1. The van der Waals surface area contributed by atoms with Gasteiger partial charge in [-0.05, 0) is 18.2 Å². The normalized spacial score (nSPS) is 11.4. The molecule has 2 rings (SSSR count). The monoisotopic (exact) mass is 313 g/mol. The fourth-order valence-electron chi connectivity index (χ4n) is 1.50. The quantitative estimate of drug-likeness (QED) is 0.705. The van der Waals surface area contributed by atoms with Crippen LogP contribution in [-0.4, -0.2) is 24.5 Å². The van der Waals surface area contributed by atoms with Crippen molar-refractivity contribution in [1.82, 2.24) is 9.71 Å². The van der Waals surface area contributed by atoms with E-state index >= 15 is 0 Å². The van der Waals surface area contributed by atoms with Crippen molar-refractivity contribution in [2.75, 3.05) is 5.73 Å². The lowest BCUT2D eigenvalue weighted by Crippen LogP contribution is -2.24. The number of carbonyl (C=O) groups is 1. The van der Waals surface area contributed by atoms with E-state index in [0.717, 1.165) is 6.07 Å². The fraction of sp³-hybridized carbons (Fsp3) is 0.0909. The van der Waals surface area contributed by atoms with Crippen molar-refractivity contribution in [2.24, 2.45) is 0 Å². The maximum Gasteiger partial charge on any atom is 0.335 e. The molecule has 1 aromatic carbocycles. The second kappa shape index (κ2) is 5.57. The number of aromatic carboxylic acids is 1. The van der Waals surface area contributed by atoms with Crippen molar-refractivity contribution in [3.63, 3.8) is 0 Å². The highest BCUT2D eigenvalue weighted by atomic mass is 32.2. The molecule has 0 radical (unpaired) electrons. The molecule has 7 nitrogen and oxygen atoms in total. The molecule has 0 amide bonds. The number of nitrogens with two attached hydrogens (primary N) is 1. The van der Waals surface area contributed by atoms with E-state index in [1.165, 1.54) is 23.5 Å². The van der Waals surface area contributed by atoms with Gasteiger partial charge in [0.1, 0.15) is 9.90 Å². The first kappa shape index (κ1) is 14.4. The van der Waals surface area contributed by atoms with Crippen molar-refractivity contribution >= 4 is 33.0 Å². The van der Waals surface area contributed by atoms with E-state index in [4.69, 9.17) is 10.8 Å². The minimum absolute atomic E-state index is 0.0557. The van der Waals surface area contributed by atoms with Crippen LogP contribution in [0.1, 0.15) is 15.4 Å². The zero-order chi connectivity index (χ0) is 14.8.